The van der Waals surface area contributed by atoms with Gasteiger partial charge in [0.2, 0.25) is 0 Å². The van der Waals surface area contributed by atoms with Gasteiger partial charge in [0.25, 0.3) is 0 Å². The number of rotatable bonds is 4. The summed E-state index contributed by atoms with van der Waals surface area (Å²) >= 11 is 0. The summed E-state index contributed by atoms with van der Waals surface area (Å²) < 4.78 is 0. The van der Waals surface area contributed by atoms with Crippen LogP contribution in [0.5, 0.6) is 0 Å². The van der Waals surface area contributed by atoms with Gasteiger partial charge in [-0.3, -0.25) is 4.90 Å². The molecule has 0 bridgehead atoms. The Morgan fingerprint density at radius 2 is 1.10 bits per heavy atom. The number of terminal acetylenes is 1. The zero-order valence-electron chi connectivity index (χ0n) is 17.5. The molecule has 0 aliphatic carbocycles. The van der Waals surface area contributed by atoms with Gasteiger partial charge in [0.1, 0.15) is 0 Å². The molecule has 4 aromatic carbocycles. The first-order chi connectivity index (χ1) is 15.4. The molecule has 1 atom stereocenters. The van der Waals surface area contributed by atoms with Gasteiger partial charge >= 0.3 is 0 Å². The van der Waals surface area contributed by atoms with Crippen molar-refractivity contribution in [3.05, 3.63) is 143 Å². The predicted molar refractivity (Wildman–Crippen MR) is 128 cm³/mol. The van der Waals surface area contributed by atoms with E-state index in [1.807, 2.05) is 0 Å². The maximum Gasteiger partial charge on any atom is 0.0985 e. The van der Waals surface area contributed by atoms with Gasteiger partial charge in [-0.15, -0.1) is 6.42 Å². The van der Waals surface area contributed by atoms with Gasteiger partial charge in [-0.1, -0.05) is 121 Å². The van der Waals surface area contributed by atoms with Gasteiger partial charge in [0.15, 0.2) is 0 Å². The van der Waals surface area contributed by atoms with Crippen molar-refractivity contribution in [2.24, 2.45) is 0 Å². The van der Waals surface area contributed by atoms with Crippen LogP contribution in [0.15, 0.2) is 115 Å². The zero-order chi connectivity index (χ0) is 21.1. The number of fused-ring (bicyclic) bond motifs is 1. The maximum atomic E-state index is 6.25. The van der Waals surface area contributed by atoms with E-state index < -0.39 is 5.54 Å². The number of nitrogens with zero attached hydrogens (tertiary/aromatic N) is 1. The topological polar surface area (TPSA) is 3.24 Å². The van der Waals surface area contributed by atoms with Crippen LogP contribution in [0.2, 0.25) is 0 Å². The molecule has 1 nitrogen and oxygen atoms in total. The largest absolute Gasteiger partial charge is 0.268 e. The Morgan fingerprint density at radius 3 is 1.58 bits per heavy atom. The van der Waals surface area contributed by atoms with Crippen molar-refractivity contribution in [3.8, 4) is 12.3 Å². The van der Waals surface area contributed by atoms with Crippen LogP contribution in [0.1, 0.15) is 33.9 Å². The van der Waals surface area contributed by atoms with E-state index >= 15 is 0 Å². The number of benzene rings is 4. The van der Waals surface area contributed by atoms with Gasteiger partial charge < -0.3 is 0 Å². The molecule has 0 saturated carbocycles. The van der Waals surface area contributed by atoms with Crippen molar-refractivity contribution in [1.82, 2.24) is 4.90 Å². The van der Waals surface area contributed by atoms with E-state index in [2.05, 4.69) is 126 Å². The zero-order valence-corrected chi connectivity index (χ0v) is 17.5. The van der Waals surface area contributed by atoms with E-state index in [4.69, 9.17) is 6.42 Å². The Bertz CT molecular complexity index is 1090. The molecular formula is C30H25N. The second kappa shape index (κ2) is 8.26. The third-order valence-corrected chi connectivity index (χ3v) is 6.45. The molecule has 1 aliphatic heterocycles. The summed E-state index contributed by atoms with van der Waals surface area (Å²) in [5, 5.41) is 0. The molecule has 0 fully saturated rings. The minimum Gasteiger partial charge on any atom is -0.268 e. The van der Waals surface area contributed by atoms with E-state index in [-0.39, 0.29) is 6.04 Å². The van der Waals surface area contributed by atoms with Crippen LogP contribution in [-0.2, 0) is 12.0 Å². The fourth-order valence-electron chi connectivity index (χ4n) is 5.14. The molecule has 0 N–H and O–H groups in total. The maximum absolute atomic E-state index is 6.25. The molecule has 0 amide bonds. The van der Waals surface area contributed by atoms with Gasteiger partial charge in [0.05, 0.1) is 11.6 Å². The normalized spacial score (nSPS) is 16.3. The molecular weight excluding hydrogens is 374 g/mol. The van der Waals surface area contributed by atoms with E-state index in [0.29, 0.717) is 0 Å². The Kier molecular flexibility index (Phi) is 5.16. The highest BCUT2D eigenvalue weighted by Gasteiger charge is 2.46. The minimum atomic E-state index is -0.492. The van der Waals surface area contributed by atoms with Crippen molar-refractivity contribution < 1.29 is 0 Å². The van der Waals surface area contributed by atoms with Crippen LogP contribution in [0, 0.1) is 12.3 Å². The lowest BCUT2D eigenvalue weighted by Gasteiger charge is -2.50. The second-order valence-corrected chi connectivity index (χ2v) is 8.02. The van der Waals surface area contributed by atoms with E-state index in [1.165, 1.54) is 27.8 Å². The van der Waals surface area contributed by atoms with E-state index in [1.54, 1.807) is 0 Å². The highest BCUT2D eigenvalue weighted by Crippen LogP contribution is 2.48. The fourth-order valence-corrected chi connectivity index (χ4v) is 5.14. The van der Waals surface area contributed by atoms with Gasteiger partial charge in [-0.25, -0.2) is 0 Å². The molecule has 5 rings (SSSR count). The SMILES string of the molecule is C#CC1c2ccccc2CCN1C(c1ccccc1)(c1ccccc1)c1ccccc1. The lowest BCUT2D eigenvalue weighted by atomic mass is 9.73. The quantitative estimate of drug-likeness (QED) is 0.291. The molecule has 1 heteroatoms. The molecule has 1 aliphatic rings. The molecule has 0 saturated heterocycles. The Hall–Kier alpha value is -3.60. The van der Waals surface area contributed by atoms with Crippen LogP contribution in [-0.4, -0.2) is 11.4 Å². The highest BCUT2D eigenvalue weighted by atomic mass is 15.2. The predicted octanol–water partition coefficient (Wildman–Crippen LogP) is 6.21. The Balaban J connectivity index is 1.84. The van der Waals surface area contributed by atoms with Crippen LogP contribution in [0.3, 0.4) is 0 Å². The van der Waals surface area contributed by atoms with E-state index in [0.717, 1.165) is 13.0 Å². The lowest BCUT2D eigenvalue weighted by Crippen LogP contribution is -2.52. The molecule has 0 spiro atoms. The van der Waals surface area contributed by atoms with Gasteiger partial charge in [0, 0.05) is 6.54 Å². The Morgan fingerprint density at radius 1 is 0.645 bits per heavy atom. The van der Waals surface area contributed by atoms with Gasteiger partial charge in [-0.2, -0.15) is 0 Å². The summed E-state index contributed by atoms with van der Waals surface area (Å²) in [5.41, 5.74) is 5.79. The average molecular weight is 400 g/mol. The van der Waals surface area contributed by atoms with Crippen molar-refractivity contribution in [2.75, 3.05) is 6.54 Å². The van der Waals surface area contributed by atoms with E-state index in [9.17, 15) is 0 Å². The molecule has 0 radical (unpaired) electrons. The van der Waals surface area contributed by atoms with Crippen LogP contribution in [0.4, 0.5) is 0 Å². The highest BCUT2D eigenvalue weighted by molar-refractivity contribution is 5.52. The average Bonchev–Trinajstić information content (AvgIpc) is 2.86. The molecule has 4 aromatic rings. The summed E-state index contributed by atoms with van der Waals surface area (Å²) in [6, 6.07) is 40.9. The lowest BCUT2D eigenvalue weighted by molar-refractivity contribution is 0.118. The summed E-state index contributed by atoms with van der Waals surface area (Å²) in [6.07, 6.45) is 7.22. The summed E-state index contributed by atoms with van der Waals surface area (Å²) in [7, 11) is 0. The molecule has 31 heavy (non-hydrogen) atoms. The molecule has 0 aromatic heterocycles. The smallest absolute Gasteiger partial charge is 0.0985 e. The van der Waals surface area contributed by atoms with Crippen molar-refractivity contribution in [1.29, 1.82) is 0 Å². The standard InChI is InChI=1S/C30H25N/c1-2-29-28-21-13-12-14-24(28)22-23-31(29)30(25-15-6-3-7-16-25,26-17-8-4-9-18-26)27-19-10-5-11-20-27/h1,3-21,29H,22-23H2. The second-order valence-electron chi connectivity index (χ2n) is 8.02. The molecule has 1 heterocycles. The van der Waals surface area contributed by atoms with Crippen LogP contribution >= 0.6 is 0 Å². The van der Waals surface area contributed by atoms with Crippen molar-refractivity contribution in [3.63, 3.8) is 0 Å². The number of hydrogen-bond donors (Lipinski definition) is 0. The van der Waals surface area contributed by atoms with Gasteiger partial charge in [-0.05, 0) is 34.2 Å². The first-order valence-electron chi connectivity index (χ1n) is 10.8. The third-order valence-electron chi connectivity index (χ3n) is 6.45. The monoisotopic (exact) mass is 399 g/mol. The Labute approximate surface area is 185 Å². The molecule has 150 valence electrons. The first kappa shape index (κ1) is 19.4. The van der Waals surface area contributed by atoms with Crippen LogP contribution < -0.4 is 0 Å². The third kappa shape index (κ3) is 3.17. The summed E-state index contributed by atoms with van der Waals surface area (Å²) in [5.74, 6) is 3.15. The molecule has 1 unspecified atom stereocenters. The summed E-state index contributed by atoms with van der Waals surface area (Å²) in [4.78, 5) is 2.52. The summed E-state index contributed by atoms with van der Waals surface area (Å²) in [6.45, 7) is 0.880. The minimum absolute atomic E-state index is 0.120. The van der Waals surface area contributed by atoms with Crippen LogP contribution in [0.25, 0.3) is 0 Å². The fraction of sp³-hybridized carbons (Fsp3) is 0.133. The first-order valence-corrected chi connectivity index (χ1v) is 10.8. The van der Waals surface area contributed by atoms with Crippen molar-refractivity contribution in [2.45, 2.75) is 18.0 Å². The number of hydrogen-bond acceptors (Lipinski definition) is 1. The van der Waals surface area contributed by atoms with Crippen molar-refractivity contribution >= 4 is 0 Å².